The van der Waals surface area contributed by atoms with E-state index in [-0.39, 0.29) is 17.2 Å². The Hall–Kier alpha value is -4.08. The molecule has 41 heavy (non-hydrogen) atoms. The summed E-state index contributed by atoms with van der Waals surface area (Å²) in [4.78, 5) is 43.1. The van der Waals surface area contributed by atoms with Crippen LogP contribution < -0.4 is 15.8 Å². The first-order valence-electron chi connectivity index (χ1n) is 13.5. The molecule has 0 fully saturated rings. The Labute approximate surface area is 236 Å². The maximum Gasteiger partial charge on any atom is 0.431 e. The van der Waals surface area contributed by atoms with Crippen molar-refractivity contribution in [3.63, 3.8) is 0 Å². The van der Waals surface area contributed by atoms with Gasteiger partial charge in [-0.05, 0) is 63.8 Å². The van der Waals surface area contributed by atoms with E-state index in [4.69, 9.17) is 4.74 Å². The third-order valence-corrected chi connectivity index (χ3v) is 6.86. The molecule has 2 heterocycles. The second kappa shape index (κ2) is 11.4. The van der Waals surface area contributed by atoms with E-state index in [1.807, 2.05) is 31.0 Å². The van der Waals surface area contributed by atoms with Gasteiger partial charge in [-0.15, -0.1) is 0 Å². The van der Waals surface area contributed by atoms with Crippen molar-refractivity contribution in [3.8, 4) is 11.1 Å². The Morgan fingerprint density at radius 3 is 2.37 bits per heavy atom. The van der Waals surface area contributed by atoms with Gasteiger partial charge in [-0.3, -0.25) is 14.5 Å². The van der Waals surface area contributed by atoms with Crippen LogP contribution in [0, 0.1) is 6.92 Å². The molecule has 2 amide bonds. The molecule has 10 heteroatoms. The number of aromatic amines is 1. The molecule has 0 bridgehead atoms. The van der Waals surface area contributed by atoms with Crippen LogP contribution in [0.3, 0.4) is 0 Å². The molecule has 2 aromatic carbocycles. The largest absolute Gasteiger partial charge is 0.443 e. The molecule has 0 spiro atoms. The molecule has 2 unspecified atom stereocenters. The van der Waals surface area contributed by atoms with E-state index in [1.54, 1.807) is 49.9 Å². The number of nitrogens with zero attached hydrogens (tertiary/aromatic N) is 1. The zero-order valence-electron chi connectivity index (χ0n) is 23.7. The van der Waals surface area contributed by atoms with E-state index in [0.29, 0.717) is 24.1 Å². The smallest absolute Gasteiger partial charge is 0.431 e. The lowest BCUT2D eigenvalue weighted by Gasteiger charge is -2.41. The first kappa shape index (κ1) is 29.9. The van der Waals surface area contributed by atoms with E-state index in [2.05, 4.69) is 5.32 Å². The minimum absolute atomic E-state index is 0.208. The number of hydrogen-bond donors (Lipinski definition) is 2. The van der Waals surface area contributed by atoms with Crippen LogP contribution in [0.25, 0.3) is 11.1 Å². The highest BCUT2D eigenvalue weighted by Gasteiger charge is 2.40. The molecule has 1 aliphatic rings. The summed E-state index contributed by atoms with van der Waals surface area (Å²) in [6.07, 6.45) is -3.63. The number of nitrogens with one attached hydrogen (secondary N) is 2. The quantitative estimate of drug-likeness (QED) is 0.341. The number of benzene rings is 2. The fourth-order valence-electron chi connectivity index (χ4n) is 5.15. The number of aryl methyl sites for hydroxylation is 1. The van der Waals surface area contributed by atoms with Gasteiger partial charge >= 0.3 is 12.3 Å². The number of aromatic nitrogens is 1. The number of rotatable bonds is 5. The van der Waals surface area contributed by atoms with E-state index >= 15 is 0 Å². The maximum atomic E-state index is 13.8. The highest BCUT2D eigenvalue weighted by Crippen LogP contribution is 2.40. The number of carbonyl (C=O) groups excluding carboxylic acids is 2. The number of halogens is 3. The van der Waals surface area contributed by atoms with Crippen molar-refractivity contribution in [2.24, 2.45) is 0 Å². The zero-order valence-corrected chi connectivity index (χ0v) is 23.7. The molecule has 0 radical (unpaired) electrons. The summed E-state index contributed by atoms with van der Waals surface area (Å²) < 4.78 is 47.2. The number of hydrogen-bond acceptors (Lipinski definition) is 4. The van der Waals surface area contributed by atoms with Crippen molar-refractivity contribution < 1.29 is 27.5 Å². The average molecular weight is 570 g/mol. The summed E-state index contributed by atoms with van der Waals surface area (Å²) in [6.45, 7) is 9.22. The lowest BCUT2D eigenvalue weighted by molar-refractivity contribution is -0.140. The first-order valence-corrected chi connectivity index (χ1v) is 13.5. The third-order valence-electron chi connectivity index (χ3n) is 6.86. The number of amides is 2. The molecule has 2 atom stereocenters. The van der Waals surface area contributed by atoms with Crippen molar-refractivity contribution >= 4 is 17.7 Å². The fourth-order valence-corrected chi connectivity index (χ4v) is 5.15. The highest BCUT2D eigenvalue weighted by atomic mass is 19.4. The maximum absolute atomic E-state index is 13.8. The third kappa shape index (κ3) is 6.64. The van der Waals surface area contributed by atoms with Crippen molar-refractivity contribution in [2.45, 2.75) is 77.7 Å². The van der Waals surface area contributed by atoms with Gasteiger partial charge in [0.25, 0.3) is 11.5 Å². The number of pyridine rings is 1. The average Bonchev–Trinajstić information content (AvgIpc) is 2.88. The van der Waals surface area contributed by atoms with Gasteiger partial charge in [0.2, 0.25) is 0 Å². The Kier molecular flexibility index (Phi) is 8.33. The van der Waals surface area contributed by atoms with E-state index in [1.165, 1.54) is 12.1 Å². The molecule has 7 nitrogen and oxygen atoms in total. The van der Waals surface area contributed by atoms with Crippen LogP contribution in [0.5, 0.6) is 0 Å². The van der Waals surface area contributed by atoms with Crippen LogP contribution >= 0.6 is 0 Å². The van der Waals surface area contributed by atoms with Crippen LogP contribution in [0.4, 0.5) is 23.7 Å². The summed E-state index contributed by atoms with van der Waals surface area (Å²) in [7, 11) is 0. The molecular weight excluding hydrogens is 535 g/mol. The number of carbonyl (C=O) groups is 2. The van der Waals surface area contributed by atoms with Gasteiger partial charge in [0.05, 0.1) is 11.7 Å². The molecular formula is C31H34F3N3O4. The standard InChI is InChI=1S/C31H34F3N3O4/c1-6-10-20-16-24(22-15-18(2)13-14-25(22)37(20)29(40)41-30(3,4)5)35-27(38)23-17-21(19-11-8-7-9-12-19)26(31(32,33)34)36-28(23)39/h7-9,11-15,17,20,24H,6,10,16H2,1-5H3,(H,35,38)(H,36,39). The predicted molar refractivity (Wildman–Crippen MR) is 151 cm³/mol. The monoisotopic (exact) mass is 569 g/mol. The second-order valence-electron chi connectivity index (χ2n) is 11.3. The van der Waals surface area contributed by atoms with Crippen LogP contribution in [-0.2, 0) is 10.9 Å². The van der Waals surface area contributed by atoms with Crippen LogP contribution in [0.2, 0.25) is 0 Å². The molecule has 4 rings (SSSR count). The molecule has 1 aliphatic heterocycles. The molecule has 1 aromatic heterocycles. The SMILES string of the molecule is CCCC1CC(NC(=O)c2cc(-c3ccccc3)c(C(F)(F)F)[nH]c2=O)c2cc(C)ccc2N1C(=O)OC(C)(C)C. The van der Waals surface area contributed by atoms with Crippen molar-refractivity contribution in [1.29, 1.82) is 0 Å². The van der Waals surface area contributed by atoms with Gasteiger partial charge < -0.3 is 15.0 Å². The molecule has 2 N–H and O–H groups in total. The number of fused-ring (bicyclic) bond motifs is 1. The lowest BCUT2D eigenvalue weighted by atomic mass is 9.88. The van der Waals surface area contributed by atoms with Gasteiger partial charge in [0.15, 0.2) is 0 Å². The van der Waals surface area contributed by atoms with Gasteiger partial charge in [0, 0.05) is 11.6 Å². The number of anilines is 1. The Morgan fingerprint density at radius 1 is 1.07 bits per heavy atom. The fraction of sp³-hybridized carbons (Fsp3) is 0.387. The first-order chi connectivity index (χ1) is 19.2. The highest BCUT2D eigenvalue weighted by molar-refractivity contribution is 5.96. The van der Waals surface area contributed by atoms with Crippen LogP contribution in [-0.4, -0.2) is 28.6 Å². The van der Waals surface area contributed by atoms with Gasteiger partial charge in [-0.1, -0.05) is 61.4 Å². The normalized spacial score (nSPS) is 17.1. The lowest BCUT2D eigenvalue weighted by Crippen LogP contribution is -2.49. The van der Waals surface area contributed by atoms with Crippen LogP contribution in [0.1, 0.15) is 80.2 Å². The molecule has 0 saturated carbocycles. The minimum Gasteiger partial charge on any atom is -0.443 e. The Morgan fingerprint density at radius 2 is 1.76 bits per heavy atom. The van der Waals surface area contributed by atoms with Gasteiger partial charge in [-0.25, -0.2) is 4.79 Å². The molecule has 0 saturated heterocycles. The topological polar surface area (TPSA) is 91.5 Å². The summed E-state index contributed by atoms with van der Waals surface area (Å²) >= 11 is 0. The number of H-pyrrole nitrogens is 1. The van der Waals surface area contributed by atoms with Crippen molar-refractivity contribution in [2.75, 3.05) is 4.90 Å². The summed E-state index contributed by atoms with van der Waals surface area (Å²) in [5, 5.41) is 2.87. The molecule has 0 aliphatic carbocycles. The zero-order chi connectivity index (χ0) is 30.1. The summed E-state index contributed by atoms with van der Waals surface area (Å²) in [5.41, 5.74) is -1.50. The van der Waals surface area contributed by atoms with E-state index < -0.39 is 46.6 Å². The number of alkyl halides is 3. The summed E-state index contributed by atoms with van der Waals surface area (Å²) in [5.74, 6) is -0.810. The predicted octanol–water partition coefficient (Wildman–Crippen LogP) is 7.15. The van der Waals surface area contributed by atoms with Crippen LogP contribution in [0.15, 0.2) is 59.4 Å². The van der Waals surface area contributed by atoms with E-state index in [9.17, 15) is 27.6 Å². The number of ether oxygens (including phenoxy) is 1. The molecule has 218 valence electrons. The Balaban J connectivity index is 1.75. The van der Waals surface area contributed by atoms with Gasteiger partial charge in [0.1, 0.15) is 16.9 Å². The van der Waals surface area contributed by atoms with Crippen molar-refractivity contribution in [3.05, 3.63) is 87.3 Å². The minimum atomic E-state index is -4.84. The van der Waals surface area contributed by atoms with E-state index in [0.717, 1.165) is 18.1 Å². The summed E-state index contributed by atoms with van der Waals surface area (Å²) in [6, 6.07) is 13.3. The second-order valence-corrected chi connectivity index (χ2v) is 11.3. The Bertz CT molecular complexity index is 1490. The molecule has 3 aromatic rings. The van der Waals surface area contributed by atoms with Crippen molar-refractivity contribution in [1.82, 2.24) is 10.3 Å². The van der Waals surface area contributed by atoms with Gasteiger partial charge in [-0.2, -0.15) is 13.2 Å².